The third-order valence-corrected chi connectivity index (χ3v) is 4.41. The largest absolute Gasteiger partial charge is 0.455 e. The first-order chi connectivity index (χ1) is 9.46. The van der Waals surface area contributed by atoms with Gasteiger partial charge in [-0.05, 0) is 19.9 Å². The number of fused-ring (bicyclic) bond motifs is 2. The highest BCUT2D eigenvalue weighted by Gasteiger charge is 2.64. The Kier molecular flexibility index (Phi) is 3.95. The van der Waals surface area contributed by atoms with Gasteiger partial charge in [-0.2, -0.15) is 0 Å². The summed E-state index contributed by atoms with van der Waals surface area (Å²) in [7, 11) is 0. The molecule has 2 rings (SSSR count). The predicted molar refractivity (Wildman–Crippen MR) is 74.7 cm³/mol. The molecule has 1 aliphatic heterocycles. The van der Waals surface area contributed by atoms with Crippen molar-refractivity contribution in [2.75, 3.05) is 0 Å². The maximum absolute atomic E-state index is 12.4. The van der Waals surface area contributed by atoms with Gasteiger partial charge in [-0.1, -0.05) is 37.3 Å². The van der Waals surface area contributed by atoms with Gasteiger partial charge in [0.05, 0.1) is 0 Å². The molecule has 0 aromatic rings. The van der Waals surface area contributed by atoms with E-state index in [2.05, 4.69) is 0 Å². The summed E-state index contributed by atoms with van der Waals surface area (Å²) in [6, 6.07) is 0. The lowest BCUT2D eigenvalue weighted by molar-refractivity contribution is -0.155. The first kappa shape index (κ1) is 14.7. The van der Waals surface area contributed by atoms with Crippen LogP contribution in [-0.4, -0.2) is 29.1 Å². The van der Waals surface area contributed by atoms with E-state index in [0.717, 1.165) is 0 Å². The monoisotopic (exact) mass is 276 g/mol. The molecule has 0 aromatic heterocycles. The topological polar surface area (TPSA) is 63.6 Å². The maximum atomic E-state index is 12.4. The van der Waals surface area contributed by atoms with Crippen LogP contribution in [0.1, 0.15) is 20.8 Å². The van der Waals surface area contributed by atoms with Crippen molar-refractivity contribution >= 4 is 11.8 Å². The Morgan fingerprint density at radius 2 is 2.15 bits per heavy atom. The Balaban J connectivity index is 2.50. The van der Waals surface area contributed by atoms with Crippen molar-refractivity contribution in [3.63, 3.8) is 0 Å². The van der Waals surface area contributed by atoms with Gasteiger partial charge in [0, 0.05) is 11.8 Å². The lowest BCUT2D eigenvalue weighted by Crippen LogP contribution is -2.52. The first-order valence-corrected chi connectivity index (χ1v) is 6.83. The van der Waals surface area contributed by atoms with Gasteiger partial charge in [0.15, 0.2) is 0 Å². The SMILES string of the molecule is CC=CC=CC1C=CC2OC(=O)C1(C(C)C(C)=O)C2O. The third kappa shape index (κ3) is 1.95. The number of carbonyl (C=O) groups is 2. The van der Waals surface area contributed by atoms with Gasteiger partial charge in [-0.15, -0.1) is 0 Å². The van der Waals surface area contributed by atoms with Gasteiger partial charge in [-0.25, -0.2) is 0 Å². The lowest BCUT2D eigenvalue weighted by atomic mass is 9.60. The fourth-order valence-corrected chi connectivity index (χ4v) is 3.13. The highest BCUT2D eigenvalue weighted by molar-refractivity contribution is 5.91. The maximum Gasteiger partial charge on any atom is 0.317 e. The zero-order chi connectivity index (χ0) is 14.9. The van der Waals surface area contributed by atoms with Crippen LogP contribution in [0.5, 0.6) is 0 Å². The highest BCUT2D eigenvalue weighted by Crippen LogP contribution is 2.51. The Morgan fingerprint density at radius 1 is 1.45 bits per heavy atom. The van der Waals surface area contributed by atoms with Crippen molar-refractivity contribution in [2.24, 2.45) is 17.3 Å². The molecule has 0 aromatic carbocycles. The van der Waals surface area contributed by atoms with Gasteiger partial charge in [0.25, 0.3) is 0 Å². The average molecular weight is 276 g/mol. The minimum Gasteiger partial charge on any atom is -0.455 e. The van der Waals surface area contributed by atoms with Gasteiger partial charge in [0.1, 0.15) is 23.4 Å². The molecule has 1 aliphatic carbocycles. The van der Waals surface area contributed by atoms with E-state index in [1.165, 1.54) is 6.92 Å². The second-order valence-corrected chi connectivity index (χ2v) is 5.40. The molecule has 5 unspecified atom stereocenters. The molecule has 1 fully saturated rings. The molecular weight excluding hydrogens is 256 g/mol. The van der Waals surface area contributed by atoms with Crippen LogP contribution in [0.3, 0.4) is 0 Å². The molecule has 20 heavy (non-hydrogen) atoms. The second-order valence-electron chi connectivity index (χ2n) is 5.40. The molecule has 4 nitrogen and oxygen atoms in total. The molecule has 1 saturated heterocycles. The Bertz CT molecular complexity index is 503. The number of ether oxygens (including phenoxy) is 1. The molecule has 2 aliphatic rings. The van der Waals surface area contributed by atoms with E-state index in [1.807, 2.05) is 37.3 Å². The van der Waals surface area contributed by atoms with Crippen LogP contribution in [0.2, 0.25) is 0 Å². The summed E-state index contributed by atoms with van der Waals surface area (Å²) in [5.41, 5.74) is -1.21. The normalized spacial score (nSPS) is 37.6. The number of carbonyl (C=O) groups excluding carboxylic acids is 2. The summed E-state index contributed by atoms with van der Waals surface area (Å²) in [6.07, 6.45) is 9.29. The zero-order valence-electron chi connectivity index (χ0n) is 11.9. The smallest absolute Gasteiger partial charge is 0.317 e. The fourth-order valence-electron chi connectivity index (χ4n) is 3.13. The predicted octanol–water partition coefficient (Wildman–Crippen LogP) is 1.80. The summed E-state index contributed by atoms with van der Waals surface area (Å²) in [4.78, 5) is 24.2. The summed E-state index contributed by atoms with van der Waals surface area (Å²) < 4.78 is 5.23. The van der Waals surface area contributed by atoms with Crippen LogP contribution < -0.4 is 0 Å². The number of ketones is 1. The number of aliphatic hydroxyl groups excluding tert-OH is 1. The van der Waals surface area contributed by atoms with Crippen LogP contribution in [0.4, 0.5) is 0 Å². The molecule has 1 heterocycles. The third-order valence-electron chi connectivity index (χ3n) is 4.41. The lowest BCUT2D eigenvalue weighted by Gasteiger charge is -2.39. The number of aliphatic hydroxyl groups is 1. The van der Waals surface area contributed by atoms with Crippen molar-refractivity contribution < 1.29 is 19.4 Å². The van der Waals surface area contributed by atoms with E-state index in [9.17, 15) is 14.7 Å². The molecular formula is C16H20O4. The van der Waals surface area contributed by atoms with E-state index in [1.54, 1.807) is 13.0 Å². The summed E-state index contributed by atoms with van der Waals surface area (Å²) in [5.74, 6) is -1.56. The van der Waals surface area contributed by atoms with Crippen LogP contribution in [0.25, 0.3) is 0 Å². The van der Waals surface area contributed by atoms with Gasteiger partial charge < -0.3 is 9.84 Å². The summed E-state index contributed by atoms with van der Waals surface area (Å²) >= 11 is 0. The Labute approximate surface area is 118 Å². The molecule has 0 spiro atoms. The minimum atomic E-state index is -1.21. The Morgan fingerprint density at radius 3 is 2.75 bits per heavy atom. The van der Waals surface area contributed by atoms with Crippen molar-refractivity contribution in [1.82, 2.24) is 0 Å². The standard InChI is InChI=1S/C16H20O4/c1-4-5-6-7-12-8-9-13-14(18)16(12,15(19)20-13)10(2)11(3)17/h4-10,12-14,18H,1-3H3. The van der Waals surface area contributed by atoms with Gasteiger partial charge in [-0.3, -0.25) is 9.59 Å². The second kappa shape index (κ2) is 5.37. The van der Waals surface area contributed by atoms with Crippen molar-refractivity contribution in [3.8, 4) is 0 Å². The van der Waals surface area contributed by atoms with Crippen molar-refractivity contribution in [2.45, 2.75) is 33.0 Å². The van der Waals surface area contributed by atoms with Crippen LogP contribution in [-0.2, 0) is 14.3 Å². The highest BCUT2D eigenvalue weighted by atomic mass is 16.6. The van der Waals surface area contributed by atoms with Crippen LogP contribution >= 0.6 is 0 Å². The molecule has 108 valence electrons. The minimum absolute atomic E-state index is 0.124. The number of Topliss-reactive ketones (excluding diaryl/α,β-unsaturated/α-hetero) is 1. The zero-order valence-corrected chi connectivity index (χ0v) is 11.9. The van der Waals surface area contributed by atoms with Crippen molar-refractivity contribution in [1.29, 1.82) is 0 Å². The van der Waals surface area contributed by atoms with E-state index in [0.29, 0.717) is 0 Å². The van der Waals surface area contributed by atoms with Gasteiger partial charge in [0.2, 0.25) is 0 Å². The number of allylic oxidation sites excluding steroid dienone is 5. The van der Waals surface area contributed by atoms with Crippen molar-refractivity contribution in [3.05, 3.63) is 36.5 Å². The number of esters is 1. The first-order valence-electron chi connectivity index (χ1n) is 6.83. The molecule has 1 N–H and O–H groups in total. The fraction of sp³-hybridized carbons (Fsp3) is 0.500. The molecule has 5 atom stereocenters. The van der Waals surface area contributed by atoms with E-state index in [4.69, 9.17) is 4.74 Å². The van der Waals surface area contributed by atoms with Crippen LogP contribution in [0.15, 0.2) is 36.5 Å². The molecule has 4 heteroatoms. The summed E-state index contributed by atoms with van der Waals surface area (Å²) in [6.45, 7) is 5.02. The molecule has 0 saturated carbocycles. The van der Waals surface area contributed by atoms with E-state index < -0.39 is 29.5 Å². The number of rotatable bonds is 4. The van der Waals surface area contributed by atoms with Crippen LogP contribution in [0, 0.1) is 17.3 Å². The molecule has 2 bridgehead atoms. The quantitative estimate of drug-likeness (QED) is 0.483. The molecule has 0 amide bonds. The van der Waals surface area contributed by atoms with E-state index >= 15 is 0 Å². The number of hydrogen-bond acceptors (Lipinski definition) is 4. The number of hydrogen-bond donors (Lipinski definition) is 1. The Hall–Kier alpha value is -1.68. The van der Waals surface area contributed by atoms with Gasteiger partial charge >= 0.3 is 5.97 Å². The summed E-state index contributed by atoms with van der Waals surface area (Å²) in [5, 5.41) is 10.5. The molecule has 0 radical (unpaired) electrons. The van der Waals surface area contributed by atoms with E-state index in [-0.39, 0.29) is 11.7 Å². The average Bonchev–Trinajstić information content (AvgIpc) is 2.56.